The molecule has 4 rings (SSSR count). The number of benzene rings is 2. The number of rotatable bonds is 7. The molecule has 1 atom stereocenters. The van der Waals surface area contributed by atoms with Crippen LogP contribution in [0.2, 0.25) is 0 Å². The Morgan fingerprint density at radius 1 is 1.06 bits per heavy atom. The number of hydrogen-bond acceptors (Lipinski definition) is 7. The summed E-state index contributed by atoms with van der Waals surface area (Å²) in [5, 5.41) is 5.24. The van der Waals surface area contributed by atoms with Crippen LogP contribution in [-0.2, 0) is 14.4 Å². The third-order valence-electron chi connectivity index (χ3n) is 5.14. The monoisotopic (exact) mass is 420 g/mol. The smallest absolute Gasteiger partial charge is 0.264 e. The second kappa shape index (κ2) is 8.39. The first-order valence-corrected chi connectivity index (χ1v) is 9.69. The molecular weight excluding hydrogens is 402 g/mol. The lowest BCUT2D eigenvalue weighted by atomic mass is 10.0. The first-order valence-electron chi connectivity index (χ1n) is 9.69. The number of para-hydroxylation sites is 1. The zero-order valence-corrected chi connectivity index (χ0v) is 16.3. The molecule has 0 spiro atoms. The van der Waals surface area contributed by atoms with Crippen molar-refractivity contribution in [3.63, 3.8) is 0 Å². The Labute approximate surface area is 177 Å². The van der Waals surface area contributed by atoms with Crippen molar-refractivity contribution in [3.8, 4) is 5.75 Å². The molecule has 1 radical (unpaired) electrons. The predicted molar refractivity (Wildman–Crippen MR) is 108 cm³/mol. The number of carbonyl (C=O) groups excluding carboxylic acids is 5. The number of ether oxygens (including phenoxy) is 1. The van der Waals surface area contributed by atoms with E-state index in [1.807, 2.05) is 0 Å². The lowest BCUT2D eigenvalue weighted by molar-refractivity contribution is -0.136. The molecule has 0 aliphatic carbocycles. The van der Waals surface area contributed by atoms with E-state index in [-0.39, 0.29) is 30.6 Å². The zero-order chi connectivity index (χ0) is 22.0. The van der Waals surface area contributed by atoms with E-state index in [0.717, 1.165) is 4.90 Å². The van der Waals surface area contributed by atoms with Gasteiger partial charge in [0.2, 0.25) is 18.1 Å². The number of nitrogens with zero attached hydrogens (tertiary/aromatic N) is 1. The summed E-state index contributed by atoms with van der Waals surface area (Å²) < 4.78 is 5.59. The standard InChI is InChI=1S/C22H18N3O6/c26-12-13-4-1-2-7-17(13)31-11-10-23-15-6-3-5-14-19(15)22(30)25(21(14)29)16-8-9-18(27)24-20(16)28/h1-7,16,23H,8-11H2,(H,24,27,28). The third kappa shape index (κ3) is 3.77. The molecule has 2 heterocycles. The summed E-state index contributed by atoms with van der Waals surface area (Å²) >= 11 is 0. The number of amides is 4. The van der Waals surface area contributed by atoms with Crippen LogP contribution in [0, 0.1) is 0 Å². The molecule has 31 heavy (non-hydrogen) atoms. The van der Waals surface area contributed by atoms with Crippen molar-refractivity contribution >= 4 is 35.6 Å². The molecule has 2 aromatic rings. The minimum Gasteiger partial charge on any atom is -0.491 e. The van der Waals surface area contributed by atoms with Gasteiger partial charge in [-0.15, -0.1) is 0 Å². The van der Waals surface area contributed by atoms with Crippen molar-refractivity contribution in [2.45, 2.75) is 18.9 Å². The maximum Gasteiger partial charge on any atom is 0.264 e. The molecule has 1 saturated heterocycles. The predicted octanol–water partition coefficient (Wildman–Crippen LogP) is 1.04. The molecule has 2 N–H and O–H groups in total. The van der Waals surface area contributed by atoms with Gasteiger partial charge in [-0.05, 0) is 30.7 Å². The van der Waals surface area contributed by atoms with Crippen LogP contribution in [0.3, 0.4) is 0 Å². The highest BCUT2D eigenvalue weighted by Crippen LogP contribution is 2.32. The number of piperidine rings is 1. The number of nitrogens with one attached hydrogen (secondary N) is 2. The summed E-state index contributed by atoms with van der Waals surface area (Å²) in [6, 6.07) is 10.5. The van der Waals surface area contributed by atoms with E-state index in [4.69, 9.17) is 4.74 Å². The summed E-state index contributed by atoms with van der Waals surface area (Å²) in [5.41, 5.74) is 1.12. The molecule has 2 aromatic carbocycles. The van der Waals surface area contributed by atoms with Crippen molar-refractivity contribution in [2.24, 2.45) is 0 Å². The maximum absolute atomic E-state index is 13.0. The van der Waals surface area contributed by atoms with Gasteiger partial charge in [-0.3, -0.25) is 34.2 Å². The topological polar surface area (TPSA) is 122 Å². The molecule has 1 fully saturated rings. The van der Waals surface area contributed by atoms with Gasteiger partial charge in [-0.1, -0.05) is 18.2 Å². The Hall–Kier alpha value is -4.01. The summed E-state index contributed by atoms with van der Waals surface area (Å²) in [5.74, 6) is -1.83. The van der Waals surface area contributed by atoms with Gasteiger partial charge in [0.15, 0.2) is 0 Å². The van der Waals surface area contributed by atoms with Gasteiger partial charge in [0.25, 0.3) is 11.8 Å². The van der Waals surface area contributed by atoms with E-state index in [0.29, 0.717) is 23.5 Å². The number of imide groups is 2. The zero-order valence-electron chi connectivity index (χ0n) is 16.3. The molecule has 0 aromatic heterocycles. The van der Waals surface area contributed by atoms with E-state index in [1.54, 1.807) is 42.7 Å². The first kappa shape index (κ1) is 20.3. The van der Waals surface area contributed by atoms with Crippen LogP contribution in [0.5, 0.6) is 5.75 Å². The molecule has 2 aliphatic heterocycles. The average molecular weight is 420 g/mol. The molecule has 9 heteroatoms. The fourth-order valence-corrected chi connectivity index (χ4v) is 3.69. The quantitative estimate of drug-likeness (QED) is 0.507. The van der Waals surface area contributed by atoms with Crippen LogP contribution < -0.4 is 15.4 Å². The van der Waals surface area contributed by atoms with Crippen LogP contribution in [0.4, 0.5) is 5.69 Å². The highest BCUT2D eigenvalue weighted by atomic mass is 16.5. The molecule has 157 valence electrons. The molecule has 0 saturated carbocycles. The number of hydrogen-bond donors (Lipinski definition) is 2. The van der Waals surface area contributed by atoms with E-state index in [9.17, 15) is 24.0 Å². The van der Waals surface area contributed by atoms with Crippen molar-refractivity contribution in [1.29, 1.82) is 0 Å². The summed E-state index contributed by atoms with van der Waals surface area (Å²) in [4.78, 5) is 61.3. The molecule has 2 aliphatic rings. The average Bonchev–Trinajstić information content (AvgIpc) is 3.02. The Kier molecular flexibility index (Phi) is 5.48. The van der Waals surface area contributed by atoms with E-state index >= 15 is 0 Å². The normalized spacial score (nSPS) is 17.9. The van der Waals surface area contributed by atoms with Crippen molar-refractivity contribution in [3.05, 3.63) is 59.2 Å². The van der Waals surface area contributed by atoms with Crippen LogP contribution in [0.25, 0.3) is 0 Å². The van der Waals surface area contributed by atoms with Gasteiger partial charge in [-0.25, -0.2) is 0 Å². The third-order valence-corrected chi connectivity index (χ3v) is 5.14. The Morgan fingerprint density at radius 3 is 2.65 bits per heavy atom. The number of carbonyl (C=O) groups is 4. The molecule has 1 unspecified atom stereocenters. The van der Waals surface area contributed by atoms with Crippen LogP contribution in [0.15, 0.2) is 42.5 Å². The Bertz CT molecular complexity index is 1100. The number of fused-ring (bicyclic) bond motifs is 1. The van der Waals surface area contributed by atoms with Crippen molar-refractivity contribution in [1.82, 2.24) is 10.2 Å². The van der Waals surface area contributed by atoms with E-state index < -0.39 is 29.7 Å². The Morgan fingerprint density at radius 2 is 1.87 bits per heavy atom. The molecule has 4 amide bonds. The van der Waals surface area contributed by atoms with Crippen LogP contribution >= 0.6 is 0 Å². The summed E-state index contributed by atoms with van der Waals surface area (Å²) in [7, 11) is 0. The van der Waals surface area contributed by atoms with Gasteiger partial charge in [0, 0.05) is 18.7 Å². The van der Waals surface area contributed by atoms with Crippen molar-refractivity contribution < 1.29 is 28.7 Å². The van der Waals surface area contributed by atoms with Gasteiger partial charge in [0.05, 0.1) is 16.7 Å². The first-order chi connectivity index (χ1) is 15.0. The SMILES string of the molecule is O=[C]c1ccccc1OCCNc1cccc2c1C(=O)N(C1CCC(=O)NC1=O)C2=O. The van der Waals surface area contributed by atoms with Crippen LogP contribution in [-0.4, -0.2) is 54.0 Å². The van der Waals surface area contributed by atoms with Crippen LogP contribution in [0.1, 0.15) is 39.1 Å². The van der Waals surface area contributed by atoms with E-state index in [1.165, 1.54) is 6.07 Å². The lowest BCUT2D eigenvalue weighted by Gasteiger charge is -2.27. The van der Waals surface area contributed by atoms with Gasteiger partial charge in [-0.2, -0.15) is 0 Å². The minimum absolute atomic E-state index is 0.0615. The fraction of sp³-hybridized carbons (Fsp3) is 0.227. The second-order valence-corrected chi connectivity index (χ2v) is 7.05. The fourth-order valence-electron chi connectivity index (χ4n) is 3.69. The number of anilines is 1. The highest BCUT2D eigenvalue weighted by Gasteiger charge is 2.45. The highest BCUT2D eigenvalue weighted by molar-refractivity contribution is 6.25. The molecule has 9 nitrogen and oxygen atoms in total. The molecular formula is C22H18N3O6. The molecule has 0 bridgehead atoms. The van der Waals surface area contributed by atoms with Gasteiger partial charge in [0.1, 0.15) is 18.4 Å². The largest absolute Gasteiger partial charge is 0.491 e. The Balaban J connectivity index is 1.46. The summed E-state index contributed by atoms with van der Waals surface area (Å²) in [6.07, 6.45) is 1.96. The summed E-state index contributed by atoms with van der Waals surface area (Å²) in [6.45, 7) is 0.491. The minimum atomic E-state index is -1.02. The van der Waals surface area contributed by atoms with E-state index in [2.05, 4.69) is 10.6 Å². The lowest BCUT2D eigenvalue weighted by Crippen LogP contribution is -2.54. The van der Waals surface area contributed by atoms with Gasteiger partial charge >= 0.3 is 0 Å². The second-order valence-electron chi connectivity index (χ2n) is 7.05. The van der Waals surface area contributed by atoms with Gasteiger partial charge < -0.3 is 10.1 Å². The maximum atomic E-state index is 13.0. The van der Waals surface area contributed by atoms with Crippen molar-refractivity contribution in [2.75, 3.05) is 18.5 Å².